The Balaban J connectivity index is 3.01. The lowest BCUT2D eigenvalue weighted by Crippen LogP contribution is -2.30. The maximum absolute atomic E-state index is 10.6. The van der Waals surface area contributed by atoms with Crippen LogP contribution in [0.3, 0.4) is 0 Å². The molecule has 0 amide bonds. The van der Waals surface area contributed by atoms with E-state index < -0.39 is 5.97 Å². The number of anilines is 1. The average molecular weight is 205 g/mol. The van der Waals surface area contributed by atoms with E-state index in [1.807, 2.05) is 13.0 Å². The molecule has 0 aromatic carbocycles. The lowest BCUT2D eigenvalue weighted by Gasteiger charge is -2.21. The molecule has 5 heteroatoms. The van der Waals surface area contributed by atoms with Gasteiger partial charge in [-0.25, -0.2) is 0 Å². The molecule has 0 aliphatic heterocycles. The van der Waals surface area contributed by atoms with E-state index in [4.69, 9.17) is 10.4 Å². The second kappa shape index (κ2) is 4.96. The molecule has 0 bridgehead atoms. The van der Waals surface area contributed by atoms with Gasteiger partial charge in [0.1, 0.15) is 12.6 Å². The molecular formula is C10H11N3O2. The third kappa shape index (κ3) is 2.68. The van der Waals surface area contributed by atoms with Crippen molar-refractivity contribution in [3.05, 3.63) is 24.0 Å². The second-order valence-corrected chi connectivity index (χ2v) is 2.91. The Morgan fingerprint density at radius 3 is 3.00 bits per heavy atom. The highest BCUT2D eigenvalue weighted by atomic mass is 16.4. The molecule has 1 aromatic rings. The van der Waals surface area contributed by atoms with Crippen LogP contribution in [-0.4, -0.2) is 29.1 Å². The number of pyridine rings is 1. The Morgan fingerprint density at radius 2 is 2.47 bits per heavy atom. The fourth-order valence-electron chi connectivity index (χ4n) is 1.26. The van der Waals surface area contributed by atoms with Crippen LogP contribution < -0.4 is 4.90 Å². The zero-order valence-corrected chi connectivity index (χ0v) is 8.34. The summed E-state index contributed by atoms with van der Waals surface area (Å²) in [6.07, 6.45) is 3.02. The van der Waals surface area contributed by atoms with Crippen LogP contribution in [0.2, 0.25) is 0 Å². The first-order valence-corrected chi connectivity index (χ1v) is 4.50. The molecule has 1 aromatic heterocycles. The van der Waals surface area contributed by atoms with Crippen LogP contribution >= 0.6 is 0 Å². The van der Waals surface area contributed by atoms with E-state index >= 15 is 0 Å². The lowest BCUT2D eigenvalue weighted by atomic mass is 10.2. The third-order valence-electron chi connectivity index (χ3n) is 1.97. The Kier molecular flexibility index (Phi) is 3.63. The minimum absolute atomic E-state index is 0.128. The summed E-state index contributed by atoms with van der Waals surface area (Å²) in [5.74, 6) is -0.926. The van der Waals surface area contributed by atoms with Gasteiger partial charge in [0.15, 0.2) is 0 Å². The summed E-state index contributed by atoms with van der Waals surface area (Å²) in [6.45, 7) is 2.22. The number of carboxylic acid groups (broad SMARTS) is 1. The number of aliphatic carboxylic acids is 1. The van der Waals surface area contributed by atoms with Gasteiger partial charge in [-0.1, -0.05) is 0 Å². The molecule has 1 heterocycles. The molecule has 1 rings (SSSR count). The maximum Gasteiger partial charge on any atom is 0.323 e. The molecule has 78 valence electrons. The molecule has 1 N–H and O–H groups in total. The number of hydrogen-bond donors (Lipinski definition) is 1. The van der Waals surface area contributed by atoms with Crippen LogP contribution in [0.25, 0.3) is 0 Å². The molecule has 0 saturated carbocycles. The zero-order chi connectivity index (χ0) is 11.3. The van der Waals surface area contributed by atoms with Gasteiger partial charge in [0.05, 0.1) is 17.4 Å². The molecule has 5 nitrogen and oxygen atoms in total. The summed E-state index contributed by atoms with van der Waals surface area (Å²) in [4.78, 5) is 16.1. The van der Waals surface area contributed by atoms with Crippen LogP contribution in [0.15, 0.2) is 18.5 Å². The van der Waals surface area contributed by atoms with E-state index in [9.17, 15) is 4.79 Å². The molecular weight excluding hydrogens is 194 g/mol. The molecule has 0 fully saturated rings. The first-order chi connectivity index (χ1) is 7.19. The summed E-state index contributed by atoms with van der Waals surface area (Å²) < 4.78 is 0. The molecule has 0 atom stereocenters. The van der Waals surface area contributed by atoms with E-state index in [1.165, 1.54) is 12.4 Å². The van der Waals surface area contributed by atoms with Gasteiger partial charge in [-0.05, 0) is 13.0 Å². The monoisotopic (exact) mass is 205 g/mol. The van der Waals surface area contributed by atoms with Crippen LogP contribution in [-0.2, 0) is 4.79 Å². The van der Waals surface area contributed by atoms with E-state index in [-0.39, 0.29) is 6.54 Å². The van der Waals surface area contributed by atoms with Gasteiger partial charge in [0.2, 0.25) is 0 Å². The van der Waals surface area contributed by atoms with Crippen molar-refractivity contribution >= 4 is 11.7 Å². The van der Waals surface area contributed by atoms with E-state index in [0.717, 1.165) is 0 Å². The number of hydrogen-bond acceptors (Lipinski definition) is 4. The molecule has 0 spiro atoms. The molecule has 0 radical (unpaired) electrons. The Morgan fingerprint density at radius 1 is 1.73 bits per heavy atom. The fraction of sp³-hybridized carbons (Fsp3) is 0.300. The van der Waals surface area contributed by atoms with Crippen molar-refractivity contribution in [2.24, 2.45) is 0 Å². The van der Waals surface area contributed by atoms with Crippen LogP contribution in [0.4, 0.5) is 5.69 Å². The number of nitrogens with zero attached hydrogens (tertiary/aromatic N) is 3. The Bertz CT molecular complexity index is 398. The van der Waals surface area contributed by atoms with Gasteiger partial charge in [-0.3, -0.25) is 9.78 Å². The first-order valence-electron chi connectivity index (χ1n) is 4.50. The average Bonchev–Trinajstić information content (AvgIpc) is 2.25. The van der Waals surface area contributed by atoms with E-state index in [2.05, 4.69) is 4.98 Å². The Hall–Kier alpha value is -2.09. The maximum atomic E-state index is 10.6. The summed E-state index contributed by atoms with van der Waals surface area (Å²) >= 11 is 0. The number of likely N-dealkylation sites (N-methyl/N-ethyl adjacent to an activating group) is 1. The predicted octanol–water partition coefficient (Wildman–Crippen LogP) is 0.864. The highest BCUT2D eigenvalue weighted by Crippen LogP contribution is 2.17. The number of aromatic nitrogens is 1. The summed E-state index contributed by atoms with van der Waals surface area (Å²) in [5, 5.41) is 17.5. The van der Waals surface area contributed by atoms with Crippen molar-refractivity contribution in [1.82, 2.24) is 4.98 Å². The summed E-state index contributed by atoms with van der Waals surface area (Å²) in [5.41, 5.74) is 0.998. The van der Waals surface area contributed by atoms with Crippen LogP contribution in [0, 0.1) is 11.3 Å². The zero-order valence-electron chi connectivity index (χ0n) is 8.34. The SMILES string of the molecule is CCN(CC(=O)O)c1cnccc1C#N. The van der Waals surface area contributed by atoms with Crippen molar-refractivity contribution in [2.75, 3.05) is 18.0 Å². The van der Waals surface area contributed by atoms with E-state index in [0.29, 0.717) is 17.8 Å². The topological polar surface area (TPSA) is 77.2 Å². The largest absolute Gasteiger partial charge is 0.480 e. The van der Waals surface area contributed by atoms with Gasteiger partial charge in [0, 0.05) is 12.7 Å². The van der Waals surface area contributed by atoms with Crippen molar-refractivity contribution in [1.29, 1.82) is 5.26 Å². The van der Waals surface area contributed by atoms with Crippen molar-refractivity contribution < 1.29 is 9.90 Å². The van der Waals surface area contributed by atoms with Crippen molar-refractivity contribution in [3.8, 4) is 6.07 Å². The quantitative estimate of drug-likeness (QED) is 0.788. The minimum Gasteiger partial charge on any atom is -0.480 e. The van der Waals surface area contributed by atoms with E-state index in [1.54, 1.807) is 11.0 Å². The van der Waals surface area contributed by atoms with Gasteiger partial charge in [-0.2, -0.15) is 5.26 Å². The number of nitriles is 1. The number of carboxylic acids is 1. The predicted molar refractivity (Wildman–Crippen MR) is 54.5 cm³/mol. The fourth-order valence-corrected chi connectivity index (χ4v) is 1.26. The minimum atomic E-state index is -0.926. The second-order valence-electron chi connectivity index (χ2n) is 2.91. The van der Waals surface area contributed by atoms with Crippen LogP contribution in [0.1, 0.15) is 12.5 Å². The molecule has 15 heavy (non-hydrogen) atoms. The van der Waals surface area contributed by atoms with Gasteiger partial charge < -0.3 is 10.0 Å². The summed E-state index contributed by atoms with van der Waals surface area (Å²) in [6, 6.07) is 3.58. The number of carbonyl (C=O) groups is 1. The van der Waals surface area contributed by atoms with Gasteiger partial charge >= 0.3 is 5.97 Å². The third-order valence-corrected chi connectivity index (χ3v) is 1.97. The first kappa shape index (κ1) is 11.0. The van der Waals surface area contributed by atoms with Gasteiger partial charge in [-0.15, -0.1) is 0 Å². The highest BCUT2D eigenvalue weighted by molar-refractivity contribution is 5.74. The van der Waals surface area contributed by atoms with Gasteiger partial charge in [0.25, 0.3) is 0 Å². The lowest BCUT2D eigenvalue weighted by molar-refractivity contribution is -0.135. The van der Waals surface area contributed by atoms with Crippen molar-refractivity contribution in [2.45, 2.75) is 6.92 Å². The standard InChI is InChI=1S/C10H11N3O2/c1-2-13(7-10(14)15)9-6-12-4-3-8(9)5-11/h3-4,6H,2,7H2,1H3,(H,14,15). The molecule has 0 saturated heterocycles. The van der Waals surface area contributed by atoms with Crippen LogP contribution in [0.5, 0.6) is 0 Å². The van der Waals surface area contributed by atoms with Crippen molar-refractivity contribution in [3.63, 3.8) is 0 Å². The number of rotatable bonds is 4. The highest BCUT2D eigenvalue weighted by Gasteiger charge is 2.12. The molecule has 0 aliphatic rings. The molecule has 0 unspecified atom stereocenters. The Labute approximate surface area is 87.6 Å². The summed E-state index contributed by atoms with van der Waals surface area (Å²) in [7, 11) is 0. The molecule has 0 aliphatic carbocycles. The normalized spacial score (nSPS) is 9.33. The smallest absolute Gasteiger partial charge is 0.323 e.